The molecule has 1 aromatic heterocycles. The summed E-state index contributed by atoms with van der Waals surface area (Å²) in [7, 11) is 0. The summed E-state index contributed by atoms with van der Waals surface area (Å²) in [6.07, 6.45) is 0. The highest BCUT2D eigenvalue weighted by atomic mass is 16.3. The van der Waals surface area contributed by atoms with Crippen molar-refractivity contribution in [2.75, 3.05) is 4.90 Å². The van der Waals surface area contributed by atoms with Crippen LogP contribution in [0.5, 0.6) is 0 Å². The minimum atomic E-state index is 0.918. The second-order valence-corrected chi connectivity index (χ2v) is 11.4. The molecule has 0 spiro atoms. The van der Waals surface area contributed by atoms with E-state index in [0.717, 1.165) is 44.4 Å². The molecule has 2 heteroatoms. The molecule has 0 amide bonds. The van der Waals surface area contributed by atoms with E-state index in [-0.39, 0.29) is 0 Å². The van der Waals surface area contributed by atoms with Crippen LogP contribution in [0.3, 0.4) is 0 Å². The largest absolute Gasteiger partial charge is 0.456 e. The summed E-state index contributed by atoms with van der Waals surface area (Å²) < 4.78 is 6.19. The number of rotatable bonds is 4. The summed E-state index contributed by atoms with van der Waals surface area (Å²) in [5, 5.41) is 9.64. The average Bonchev–Trinajstić information content (AvgIpc) is 3.45. The first-order valence-electron chi connectivity index (χ1n) is 15.0. The van der Waals surface area contributed by atoms with Gasteiger partial charge in [-0.05, 0) is 98.0 Å². The van der Waals surface area contributed by atoms with Gasteiger partial charge in [-0.1, -0.05) is 109 Å². The van der Waals surface area contributed by atoms with Gasteiger partial charge in [-0.15, -0.1) is 0 Å². The highest BCUT2D eigenvalue weighted by Crippen LogP contribution is 2.40. The van der Waals surface area contributed by atoms with Crippen LogP contribution in [-0.4, -0.2) is 0 Å². The van der Waals surface area contributed by atoms with Gasteiger partial charge >= 0.3 is 0 Å². The molecule has 9 rings (SSSR count). The molecule has 0 aliphatic rings. The normalized spacial score (nSPS) is 11.6. The van der Waals surface area contributed by atoms with E-state index in [4.69, 9.17) is 4.42 Å². The first-order valence-corrected chi connectivity index (χ1v) is 15.0. The summed E-state index contributed by atoms with van der Waals surface area (Å²) in [5.41, 5.74) is 7.59. The molecule has 0 atom stereocenters. The van der Waals surface area contributed by atoms with E-state index < -0.39 is 0 Å². The summed E-state index contributed by atoms with van der Waals surface area (Å²) in [5.74, 6) is 0. The molecular formula is C42H27NO. The first-order chi connectivity index (χ1) is 21.8. The number of hydrogen-bond donors (Lipinski definition) is 0. The summed E-state index contributed by atoms with van der Waals surface area (Å²) >= 11 is 0. The van der Waals surface area contributed by atoms with E-state index in [1.807, 2.05) is 12.1 Å². The van der Waals surface area contributed by atoms with Crippen molar-refractivity contribution < 1.29 is 4.42 Å². The van der Waals surface area contributed by atoms with Crippen LogP contribution in [0.15, 0.2) is 168 Å². The molecular weight excluding hydrogens is 534 g/mol. The Morgan fingerprint density at radius 2 is 0.932 bits per heavy atom. The van der Waals surface area contributed by atoms with Crippen LogP contribution in [0.4, 0.5) is 17.1 Å². The van der Waals surface area contributed by atoms with Gasteiger partial charge in [0.1, 0.15) is 11.2 Å². The van der Waals surface area contributed by atoms with Crippen LogP contribution in [-0.2, 0) is 0 Å². The number of para-hydroxylation sites is 1. The second kappa shape index (κ2) is 9.86. The van der Waals surface area contributed by atoms with E-state index in [9.17, 15) is 0 Å². The van der Waals surface area contributed by atoms with Crippen molar-refractivity contribution in [1.29, 1.82) is 0 Å². The molecule has 0 N–H and O–H groups in total. The molecule has 0 bridgehead atoms. The smallest absolute Gasteiger partial charge is 0.136 e. The van der Waals surface area contributed by atoms with Crippen LogP contribution in [0, 0.1) is 0 Å². The molecule has 0 radical (unpaired) electrons. The Hall–Kier alpha value is -5.86. The van der Waals surface area contributed by atoms with Crippen LogP contribution in [0.25, 0.3) is 65.4 Å². The van der Waals surface area contributed by atoms with E-state index >= 15 is 0 Å². The zero-order valence-electron chi connectivity index (χ0n) is 23.9. The number of anilines is 3. The Labute approximate surface area is 255 Å². The quantitative estimate of drug-likeness (QED) is 0.199. The number of furan rings is 1. The molecule has 0 saturated heterocycles. The fourth-order valence-corrected chi connectivity index (χ4v) is 6.62. The third-order valence-electron chi connectivity index (χ3n) is 8.80. The van der Waals surface area contributed by atoms with E-state index in [1.165, 1.54) is 38.1 Å². The monoisotopic (exact) mass is 561 g/mol. The molecule has 0 aliphatic carbocycles. The van der Waals surface area contributed by atoms with Gasteiger partial charge in [0.25, 0.3) is 0 Å². The van der Waals surface area contributed by atoms with Gasteiger partial charge in [0.2, 0.25) is 0 Å². The van der Waals surface area contributed by atoms with E-state index in [1.54, 1.807) is 0 Å². The predicted molar refractivity (Wildman–Crippen MR) is 186 cm³/mol. The van der Waals surface area contributed by atoms with E-state index in [0.29, 0.717) is 0 Å². The highest BCUT2D eigenvalue weighted by molar-refractivity contribution is 6.11. The van der Waals surface area contributed by atoms with Crippen molar-refractivity contribution in [3.8, 4) is 11.1 Å². The Bertz CT molecular complexity index is 2490. The van der Waals surface area contributed by atoms with Gasteiger partial charge < -0.3 is 9.32 Å². The van der Waals surface area contributed by atoms with Crippen molar-refractivity contribution in [1.82, 2.24) is 0 Å². The average molecular weight is 562 g/mol. The zero-order chi connectivity index (χ0) is 29.0. The lowest BCUT2D eigenvalue weighted by Gasteiger charge is -2.26. The molecule has 0 unspecified atom stereocenters. The summed E-state index contributed by atoms with van der Waals surface area (Å²) in [6, 6.07) is 58.7. The van der Waals surface area contributed by atoms with Crippen molar-refractivity contribution in [3.05, 3.63) is 164 Å². The minimum absolute atomic E-state index is 0.918. The van der Waals surface area contributed by atoms with Crippen molar-refractivity contribution in [3.63, 3.8) is 0 Å². The summed E-state index contributed by atoms with van der Waals surface area (Å²) in [4.78, 5) is 2.36. The lowest BCUT2D eigenvalue weighted by atomic mass is 10.0. The van der Waals surface area contributed by atoms with Crippen LogP contribution < -0.4 is 4.90 Å². The van der Waals surface area contributed by atoms with Crippen molar-refractivity contribution in [2.45, 2.75) is 0 Å². The first kappa shape index (κ1) is 24.7. The fraction of sp³-hybridized carbons (Fsp3) is 0. The van der Waals surface area contributed by atoms with Crippen LogP contribution in [0.2, 0.25) is 0 Å². The lowest BCUT2D eigenvalue weighted by Crippen LogP contribution is -2.10. The van der Waals surface area contributed by atoms with Gasteiger partial charge in [0.05, 0.1) is 0 Å². The van der Waals surface area contributed by atoms with Gasteiger partial charge in [-0.25, -0.2) is 0 Å². The highest BCUT2D eigenvalue weighted by Gasteiger charge is 2.16. The van der Waals surface area contributed by atoms with Crippen molar-refractivity contribution >= 4 is 71.3 Å². The van der Waals surface area contributed by atoms with Crippen molar-refractivity contribution in [2.24, 2.45) is 0 Å². The van der Waals surface area contributed by atoms with E-state index in [2.05, 4.69) is 157 Å². The van der Waals surface area contributed by atoms with Gasteiger partial charge in [0, 0.05) is 27.8 Å². The van der Waals surface area contributed by atoms with Gasteiger partial charge in [0.15, 0.2) is 0 Å². The molecule has 206 valence electrons. The van der Waals surface area contributed by atoms with Gasteiger partial charge in [-0.3, -0.25) is 0 Å². The fourth-order valence-electron chi connectivity index (χ4n) is 6.62. The third kappa shape index (κ3) is 4.04. The number of hydrogen-bond acceptors (Lipinski definition) is 2. The Kier molecular flexibility index (Phi) is 5.54. The molecule has 0 fully saturated rings. The van der Waals surface area contributed by atoms with Crippen LogP contribution >= 0.6 is 0 Å². The maximum absolute atomic E-state index is 6.19. The van der Waals surface area contributed by atoms with Gasteiger partial charge in [-0.2, -0.15) is 0 Å². The Morgan fingerprint density at radius 3 is 1.80 bits per heavy atom. The third-order valence-corrected chi connectivity index (χ3v) is 8.80. The number of fused-ring (bicyclic) bond motifs is 7. The van der Waals surface area contributed by atoms with Crippen LogP contribution in [0.1, 0.15) is 0 Å². The maximum Gasteiger partial charge on any atom is 0.136 e. The second-order valence-electron chi connectivity index (χ2n) is 11.4. The Morgan fingerprint density at radius 1 is 0.318 bits per heavy atom. The topological polar surface area (TPSA) is 16.4 Å². The number of nitrogens with zero attached hydrogens (tertiary/aromatic N) is 1. The molecule has 2 nitrogen and oxygen atoms in total. The molecule has 44 heavy (non-hydrogen) atoms. The minimum Gasteiger partial charge on any atom is -0.456 e. The molecule has 0 aliphatic heterocycles. The Balaban J connectivity index is 1.23. The summed E-state index contributed by atoms with van der Waals surface area (Å²) in [6.45, 7) is 0. The maximum atomic E-state index is 6.19. The molecule has 9 aromatic rings. The molecule has 8 aromatic carbocycles. The number of benzene rings is 8. The zero-order valence-corrected chi connectivity index (χ0v) is 23.9. The standard InChI is InChI=1S/C42H27NO/c1-2-8-28(9-3-1)29-16-19-34(20-17-29)43(36-22-23-38-32(24-36)15-14-30-10-4-5-11-37(30)38)35-21-18-31-27-42-40(26-33(31)25-35)39-12-6-7-13-41(39)44-42/h1-27H. The predicted octanol–water partition coefficient (Wildman–Crippen LogP) is 12.2. The molecule has 1 heterocycles. The molecule has 0 saturated carbocycles. The SMILES string of the molecule is c1ccc(-c2ccc(N(c3ccc4cc5oc6ccccc6c5cc4c3)c3ccc4c(ccc5ccccc54)c3)cc2)cc1. The lowest BCUT2D eigenvalue weighted by molar-refractivity contribution is 0.669.